The maximum atomic E-state index is 12.5. The number of carbonyl (C=O) groups is 1. The fourth-order valence-corrected chi connectivity index (χ4v) is 3.36. The van der Waals surface area contributed by atoms with Gasteiger partial charge in [0.15, 0.2) is 0 Å². The van der Waals surface area contributed by atoms with Crippen LogP contribution in [0.3, 0.4) is 0 Å². The van der Waals surface area contributed by atoms with Crippen LogP contribution in [0, 0.1) is 0 Å². The third kappa shape index (κ3) is 6.37. The second kappa shape index (κ2) is 9.01. The number of amides is 1. The number of hydrogen-bond acceptors (Lipinski definition) is 4. The van der Waals surface area contributed by atoms with Gasteiger partial charge in [-0.05, 0) is 49.8 Å². The molecular weight excluding hydrogens is 362 g/mol. The summed E-state index contributed by atoms with van der Waals surface area (Å²) in [7, 11) is 0.560. The van der Waals surface area contributed by atoms with Crippen LogP contribution >= 0.6 is 0 Å². The molecule has 27 heavy (non-hydrogen) atoms. The summed E-state index contributed by atoms with van der Waals surface area (Å²) in [4.78, 5) is 14.6. The Morgan fingerprint density at radius 3 is 2.33 bits per heavy atom. The minimum absolute atomic E-state index is 0.0391. The summed E-state index contributed by atoms with van der Waals surface area (Å²) in [6.45, 7) is 2.56. The molecule has 0 fully saturated rings. The van der Waals surface area contributed by atoms with Gasteiger partial charge in [0.05, 0.1) is 12.3 Å². The lowest BCUT2D eigenvalue weighted by atomic mass is 10.0. The second-order valence-electron chi connectivity index (χ2n) is 6.74. The number of anilines is 1. The fourth-order valence-electron chi connectivity index (χ4n) is 2.80. The zero-order valence-corrected chi connectivity index (χ0v) is 17.0. The zero-order chi connectivity index (χ0) is 20.0. The molecule has 6 nitrogen and oxygen atoms in total. The van der Waals surface area contributed by atoms with E-state index in [0.29, 0.717) is 17.8 Å². The molecule has 0 radical (unpaired) electrons. The number of sulfonamides is 1. The van der Waals surface area contributed by atoms with Crippen LogP contribution in [0.15, 0.2) is 48.5 Å². The number of nitrogens with zero attached hydrogens (tertiary/aromatic N) is 1. The predicted octanol–water partition coefficient (Wildman–Crippen LogP) is 2.65. The van der Waals surface area contributed by atoms with Crippen LogP contribution in [0.25, 0.3) is 0 Å². The van der Waals surface area contributed by atoms with Gasteiger partial charge in [0.25, 0.3) is 5.91 Å². The monoisotopic (exact) mass is 389 g/mol. The van der Waals surface area contributed by atoms with Crippen molar-refractivity contribution in [2.45, 2.75) is 19.4 Å². The highest BCUT2D eigenvalue weighted by Gasteiger charge is 2.16. The molecule has 146 valence electrons. The molecule has 0 saturated carbocycles. The summed E-state index contributed by atoms with van der Waals surface area (Å²) in [6, 6.07) is 14.9. The van der Waals surface area contributed by atoms with E-state index in [9.17, 15) is 13.2 Å². The van der Waals surface area contributed by atoms with Crippen LogP contribution in [-0.4, -0.2) is 46.1 Å². The smallest absolute Gasteiger partial charge is 0.251 e. The maximum absolute atomic E-state index is 12.5. The first-order chi connectivity index (χ1) is 12.7. The number of nitrogens with one attached hydrogen (secondary N) is 2. The van der Waals surface area contributed by atoms with Crippen LogP contribution in [0.4, 0.5) is 5.69 Å². The molecule has 1 amide bonds. The normalized spacial score (nSPS) is 12.6. The molecule has 0 aliphatic carbocycles. The molecule has 2 aromatic carbocycles. The van der Waals surface area contributed by atoms with Crippen LogP contribution in [0.2, 0.25) is 0 Å². The molecule has 0 aliphatic rings. The molecule has 2 aromatic rings. The Bertz CT molecular complexity index is 878. The predicted molar refractivity (Wildman–Crippen MR) is 109 cm³/mol. The Labute approximate surface area is 161 Å². The molecule has 0 heterocycles. The van der Waals surface area contributed by atoms with Gasteiger partial charge in [0, 0.05) is 17.8 Å². The van der Waals surface area contributed by atoms with Crippen LogP contribution < -0.4 is 10.0 Å². The van der Waals surface area contributed by atoms with Gasteiger partial charge in [0.1, 0.15) is 0 Å². The highest BCUT2D eigenvalue weighted by atomic mass is 32.2. The molecule has 0 saturated heterocycles. The Hall–Kier alpha value is -2.38. The molecule has 7 heteroatoms. The largest absolute Gasteiger partial charge is 0.350 e. The van der Waals surface area contributed by atoms with Crippen molar-refractivity contribution in [1.82, 2.24) is 10.2 Å². The van der Waals surface area contributed by atoms with E-state index < -0.39 is 10.0 Å². The van der Waals surface area contributed by atoms with Crippen molar-refractivity contribution in [2.75, 3.05) is 31.6 Å². The highest BCUT2D eigenvalue weighted by Crippen LogP contribution is 2.19. The number of benzene rings is 2. The fraction of sp³-hybridized carbons (Fsp3) is 0.350. The van der Waals surface area contributed by atoms with Crippen LogP contribution in [0.1, 0.15) is 34.5 Å². The first-order valence-electron chi connectivity index (χ1n) is 8.81. The highest BCUT2D eigenvalue weighted by molar-refractivity contribution is 7.92. The van der Waals surface area contributed by atoms with Crippen molar-refractivity contribution in [2.24, 2.45) is 0 Å². The van der Waals surface area contributed by atoms with E-state index in [1.807, 2.05) is 14.1 Å². The Morgan fingerprint density at radius 1 is 1.11 bits per heavy atom. The lowest BCUT2D eigenvalue weighted by Crippen LogP contribution is -2.34. The minimum atomic E-state index is -3.39. The molecule has 0 aromatic heterocycles. The van der Waals surface area contributed by atoms with Crippen molar-refractivity contribution >= 4 is 21.6 Å². The van der Waals surface area contributed by atoms with Crippen molar-refractivity contribution in [1.29, 1.82) is 0 Å². The molecular formula is C20H27N3O3S. The summed E-state index contributed by atoms with van der Waals surface area (Å²) in [5.74, 6) is -0.246. The average molecular weight is 390 g/mol. The topological polar surface area (TPSA) is 78.5 Å². The average Bonchev–Trinajstić information content (AvgIpc) is 2.60. The lowest BCUT2D eigenvalue weighted by molar-refractivity contribution is 0.0942. The third-order valence-electron chi connectivity index (χ3n) is 4.28. The number of aryl methyl sites for hydroxylation is 1. The van der Waals surface area contributed by atoms with E-state index >= 15 is 0 Å². The minimum Gasteiger partial charge on any atom is -0.350 e. The van der Waals surface area contributed by atoms with E-state index in [2.05, 4.69) is 46.1 Å². The van der Waals surface area contributed by atoms with Crippen molar-refractivity contribution in [3.05, 3.63) is 65.2 Å². The van der Waals surface area contributed by atoms with Crippen molar-refractivity contribution < 1.29 is 13.2 Å². The number of hydrogen-bond donors (Lipinski definition) is 2. The van der Waals surface area contributed by atoms with E-state index in [0.717, 1.165) is 18.2 Å². The summed E-state index contributed by atoms with van der Waals surface area (Å²) < 4.78 is 25.1. The third-order valence-corrected chi connectivity index (χ3v) is 4.89. The van der Waals surface area contributed by atoms with E-state index in [-0.39, 0.29) is 11.9 Å². The summed E-state index contributed by atoms with van der Waals surface area (Å²) in [6.07, 6.45) is 2.06. The van der Waals surface area contributed by atoms with Crippen LogP contribution in [-0.2, 0) is 16.4 Å². The Morgan fingerprint density at radius 2 is 1.78 bits per heavy atom. The SMILES string of the molecule is CCc1ccc(C(CNC(=O)c2cccc(NS(C)(=O)=O)c2)N(C)C)cc1. The molecule has 0 aliphatic heterocycles. The Balaban J connectivity index is 2.08. The maximum Gasteiger partial charge on any atom is 0.251 e. The van der Waals surface area contributed by atoms with Gasteiger partial charge in [-0.3, -0.25) is 9.52 Å². The molecule has 0 bridgehead atoms. The second-order valence-corrected chi connectivity index (χ2v) is 8.49. The zero-order valence-electron chi connectivity index (χ0n) is 16.2. The molecule has 2 rings (SSSR count). The van der Waals surface area contributed by atoms with Crippen molar-refractivity contribution in [3.63, 3.8) is 0 Å². The Kier molecular flexibility index (Phi) is 6.98. The summed E-state index contributed by atoms with van der Waals surface area (Å²) in [5.41, 5.74) is 3.17. The number of rotatable bonds is 8. The molecule has 1 unspecified atom stereocenters. The van der Waals surface area contributed by atoms with E-state index in [4.69, 9.17) is 0 Å². The quantitative estimate of drug-likeness (QED) is 0.728. The van der Waals surface area contributed by atoms with Gasteiger partial charge < -0.3 is 10.2 Å². The van der Waals surface area contributed by atoms with Gasteiger partial charge in [0.2, 0.25) is 10.0 Å². The molecule has 0 spiro atoms. The van der Waals surface area contributed by atoms with Gasteiger partial charge in [-0.1, -0.05) is 37.3 Å². The number of carbonyl (C=O) groups excluding carboxylic acids is 1. The van der Waals surface area contributed by atoms with E-state index in [1.54, 1.807) is 18.2 Å². The van der Waals surface area contributed by atoms with Gasteiger partial charge >= 0.3 is 0 Å². The van der Waals surface area contributed by atoms with Gasteiger partial charge in [-0.15, -0.1) is 0 Å². The number of likely N-dealkylation sites (N-methyl/N-ethyl adjacent to an activating group) is 1. The molecule has 2 N–H and O–H groups in total. The summed E-state index contributed by atoms with van der Waals surface area (Å²) in [5, 5.41) is 2.94. The van der Waals surface area contributed by atoms with E-state index in [1.165, 1.54) is 11.6 Å². The lowest BCUT2D eigenvalue weighted by Gasteiger charge is -2.25. The first kappa shape index (κ1) is 20.9. The first-order valence-corrected chi connectivity index (χ1v) is 10.7. The van der Waals surface area contributed by atoms with Crippen molar-refractivity contribution in [3.8, 4) is 0 Å². The van der Waals surface area contributed by atoms with Crippen LogP contribution in [0.5, 0.6) is 0 Å². The van der Waals surface area contributed by atoms with Gasteiger partial charge in [-0.25, -0.2) is 8.42 Å². The summed E-state index contributed by atoms with van der Waals surface area (Å²) >= 11 is 0. The van der Waals surface area contributed by atoms with Gasteiger partial charge in [-0.2, -0.15) is 0 Å². The molecule has 1 atom stereocenters. The standard InChI is InChI=1S/C20H27N3O3S/c1-5-15-9-11-16(12-10-15)19(23(2)3)14-21-20(24)17-7-6-8-18(13-17)22-27(4,25)26/h6-13,19,22H,5,14H2,1-4H3,(H,21,24).